The number of rotatable bonds is 5. The summed E-state index contributed by atoms with van der Waals surface area (Å²) in [6, 6.07) is 0.473. The first-order chi connectivity index (χ1) is 6.27. The number of hydrogen-bond acceptors (Lipinski definition) is 2. The van der Waals surface area contributed by atoms with E-state index in [-0.39, 0.29) is 0 Å². The fourth-order valence-corrected chi connectivity index (χ4v) is 1.71. The number of nitrogens with one attached hydrogen (secondary N) is 1. The summed E-state index contributed by atoms with van der Waals surface area (Å²) in [6.07, 6.45) is 6.20. The third-order valence-corrected chi connectivity index (χ3v) is 2.42. The van der Waals surface area contributed by atoms with Crippen LogP contribution in [-0.2, 0) is 0 Å². The molecule has 0 aliphatic heterocycles. The van der Waals surface area contributed by atoms with E-state index in [0.29, 0.717) is 6.04 Å². The Balaban J connectivity index is 2.63. The van der Waals surface area contributed by atoms with E-state index in [4.69, 9.17) is 0 Å². The van der Waals surface area contributed by atoms with Gasteiger partial charge in [-0.15, -0.1) is 0 Å². The van der Waals surface area contributed by atoms with Crippen molar-refractivity contribution in [3.05, 3.63) is 16.9 Å². The summed E-state index contributed by atoms with van der Waals surface area (Å²) in [7, 11) is 1.97. The van der Waals surface area contributed by atoms with E-state index in [2.05, 4.69) is 33.3 Å². The van der Waals surface area contributed by atoms with Crippen molar-refractivity contribution in [2.45, 2.75) is 25.8 Å². The molecule has 1 unspecified atom stereocenters. The average Bonchev–Trinajstić information content (AvgIpc) is 2.51. The summed E-state index contributed by atoms with van der Waals surface area (Å²) < 4.78 is 3.06. The van der Waals surface area contributed by atoms with Gasteiger partial charge in [-0.25, -0.2) is 0 Å². The molecule has 0 aromatic carbocycles. The van der Waals surface area contributed by atoms with Crippen molar-refractivity contribution in [1.29, 1.82) is 0 Å². The summed E-state index contributed by atoms with van der Waals surface area (Å²) in [5.74, 6) is 0. The minimum atomic E-state index is 0.473. The van der Waals surface area contributed by atoms with Gasteiger partial charge in [-0.3, -0.25) is 4.68 Å². The van der Waals surface area contributed by atoms with Gasteiger partial charge in [0, 0.05) is 12.7 Å². The molecule has 0 bridgehead atoms. The van der Waals surface area contributed by atoms with Crippen LogP contribution in [-0.4, -0.2) is 23.4 Å². The lowest BCUT2D eigenvalue weighted by molar-refractivity contribution is 0.407. The van der Waals surface area contributed by atoms with Gasteiger partial charge in [0.05, 0.1) is 16.7 Å². The monoisotopic (exact) mass is 245 g/mol. The van der Waals surface area contributed by atoms with E-state index < -0.39 is 0 Å². The van der Waals surface area contributed by atoms with Crippen LogP contribution in [0.25, 0.3) is 0 Å². The third kappa shape index (κ3) is 3.12. The molecule has 13 heavy (non-hydrogen) atoms. The molecule has 1 N–H and O–H groups in total. The van der Waals surface area contributed by atoms with Crippen molar-refractivity contribution in [1.82, 2.24) is 15.1 Å². The van der Waals surface area contributed by atoms with Crippen molar-refractivity contribution < 1.29 is 0 Å². The Morgan fingerprint density at radius 2 is 2.46 bits per heavy atom. The van der Waals surface area contributed by atoms with Crippen LogP contribution in [0.3, 0.4) is 0 Å². The van der Waals surface area contributed by atoms with Crippen molar-refractivity contribution in [3.8, 4) is 0 Å². The van der Waals surface area contributed by atoms with Crippen LogP contribution in [0.1, 0.15) is 25.8 Å². The minimum Gasteiger partial charge on any atom is -0.318 e. The summed E-state index contributed by atoms with van der Waals surface area (Å²) in [5, 5.41) is 7.47. The Morgan fingerprint density at radius 3 is 2.92 bits per heavy atom. The zero-order valence-electron chi connectivity index (χ0n) is 8.13. The molecule has 1 atom stereocenters. The summed E-state index contributed by atoms with van der Waals surface area (Å²) in [4.78, 5) is 0. The van der Waals surface area contributed by atoms with E-state index in [1.54, 1.807) is 0 Å². The van der Waals surface area contributed by atoms with E-state index in [1.807, 2.05) is 24.1 Å². The highest BCUT2D eigenvalue weighted by atomic mass is 79.9. The molecule has 0 amide bonds. The van der Waals surface area contributed by atoms with Crippen molar-refractivity contribution in [3.63, 3.8) is 0 Å². The van der Waals surface area contributed by atoms with Crippen LogP contribution in [0.15, 0.2) is 16.9 Å². The van der Waals surface area contributed by atoms with E-state index in [0.717, 1.165) is 17.4 Å². The van der Waals surface area contributed by atoms with Gasteiger partial charge in [-0.05, 0) is 29.4 Å². The van der Waals surface area contributed by atoms with Crippen LogP contribution < -0.4 is 5.32 Å². The van der Waals surface area contributed by atoms with E-state index >= 15 is 0 Å². The molecule has 0 aliphatic rings. The van der Waals surface area contributed by atoms with Crippen molar-refractivity contribution in [2.75, 3.05) is 13.6 Å². The Morgan fingerprint density at radius 1 is 1.69 bits per heavy atom. The maximum Gasteiger partial charge on any atom is 0.0643 e. The molecule has 0 aliphatic carbocycles. The number of hydrogen-bond donors (Lipinski definition) is 1. The molecular formula is C9H16BrN3. The van der Waals surface area contributed by atoms with E-state index in [1.165, 1.54) is 6.42 Å². The molecule has 0 radical (unpaired) electrons. The summed E-state index contributed by atoms with van der Waals surface area (Å²) in [6.45, 7) is 3.17. The molecule has 74 valence electrons. The number of nitrogens with zero attached hydrogens (tertiary/aromatic N) is 2. The molecule has 1 aromatic rings. The van der Waals surface area contributed by atoms with Crippen LogP contribution in [0, 0.1) is 0 Å². The van der Waals surface area contributed by atoms with Gasteiger partial charge in [-0.1, -0.05) is 13.3 Å². The molecule has 3 nitrogen and oxygen atoms in total. The minimum absolute atomic E-state index is 0.473. The predicted octanol–water partition coefficient (Wildman–Crippen LogP) is 2.21. The van der Waals surface area contributed by atoms with Gasteiger partial charge in [0.25, 0.3) is 0 Å². The van der Waals surface area contributed by atoms with Gasteiger partial charge in [0.2, 0.25) is 0 Å². The largest absolute Gasteiger partial charge is 0.318 e. The van der Waals surface area contributed by atoms with Crippen molar-refractivity contribution in [2.24, 2.45) is 0 Å². The maximum atomic E-state index is 4.28. The zero-order valence-corrected chi connectivity index (χ0v) is 9.71. The number of likely N-dealkylation sites (N-methyl/N-ethyl adjacent to an activating group) is 1. The molecule has 0 saturated heterocycles. The second kappa shape index (κ2) is 5.40. The Hall–Kier alpha value is -0.350. The second-order valence-corrected chi connectivity index (χ2v) is 4.05. The molecule has 4 heteroatoms. The van der Waals surface area contributed by atoms with Gasteiger partial charge in [-0.2, -0.15) is 5.10 Å². The third-order valence-electron chi connectivity index (χ3n) is 2.01. The first-order valence-corrected chi connectivity index (χ1v) is 5.41. The molecule has 1 aromatic heterocycles. The smallest absolute Gasteiger partial charge is 0.0643 e. The van der Waals surface area contributed by atoms with Crippen LogP contribution in [0.2, 0.25) is 0 Å². The molecule has 0 saturated carbocycles. The Labute approximate surface area is 87.6 Å². The van der Waals surface area contributed by atoms with Gasteiger partial charge in [0.1, 0.15) is 0 Å². The lowest BCUT2D eigenvalue weighted by Gasteiger charge is -2.15. The summed E-state index contributed by atoms with van der Waals surface area (Å²) in [5.41, 5.74) is 0. The van der Waals surface area contributed by atoms with Crippen molar-refractivity contribution >= 4 is 15.9 Å². The zero-order chi connectivity index (χ0) is 9.68. The first kappa shape index (κ1) is 10.7. The quantitative estimate of drug-likeness (QED) is 0.863. The highest BCUT2D eigenvalue weighted by Gasteiger charge is 2.09. The Bertz CT molecular complexity index is 241. The average molecular weight is 246 g/mol. The fraction of sp³-hybridized carbons (Fsp3) is 0.667. The topological polar surface area (TPSA) is 29.9 Å². The molecule has 0 fully saturated rings. The van der Waals surface area contributed by atoms with Gasteiger partial charge in [0.15, 0.2) is 0 Å². The maximum absolute atomic E-state index is 4.28. The molecule has 0 spiro atoms. The molecule has 1 rings (SSSR count). The SMILES string of the molecule is CCCC(CNC)n1cc(Br)cn1. The normalized spacial score (nSPS) is 13.2. The van der Waals surface area contributed by atoms with Crippen LogP contribution >= 0.6 is 15.9 Å². The van der Waals surface area contributed by atoms with Gasteiger partial charge >= 0.3 is 0 Å². The van der Waals surface area contributed by atoms with Gasteiger partial charge < -0.3 is 5.32 Å². The highest BCUT2D eigenvalue weighted by Crippen LogP contribution is 2.15. The number of aromatic nitrogens is 2. The lowest BCUT2D eigenvalue weighted by Crippen LogP contribution is -2.22. The highest BCUT2D eigenvalue weighted by molar-refractivity contribution is 9.10. The van der Waals surface area contributed by atoms with E-state index in [9.17, 15) is 0 Å². The lowest BCUT2D eigenvalue weighted by atomic mass is 10.2. The predicted molar refractivity (Wildman–Crippen MR) is 57.8 cm³/mol. The first-order valence-electron chi connectivity index (χ1n) is 4.62. The van der Waals surface area contributed by atoms with Crippen LogP contribution in [0.5, 0.6) is 0 Å². The standard InChI is InChI=1S/C9H16BrN3/c1-3-4-9(6-11-2)13-7-8(10)5-12-13/h5,7,9,11H,3-4,6H2,1-2H3. The van der Waals surface area contributed by atoms with Crippen LogP contribution in [0.4, 0.5) is 0 Å². The fourth-order valence-electron chi connectivity index (χ4n) is 1.41. The Kier molecular flexibility index (Phi) is 4.45. The number of halogens is 1. The summed E-state index contributed by atoms with van der Waals surface area (Å²) >= 11 is 3.40. The molecule has 1 heterocycles. The molecular weight excluding hydrogens is 230 g/mol. The second-order valence-electron chi connectivity index (χ2n) is 3.14.